The highest BCUT2D eigenvalue weighted by atomic mass is 19.1. The number of benzene rings is 1. The molecular formula is C14H17FO. The quantitative estimate of drug-likeness (QED) is 0.752. The number of aliphatic hydroxyl groups excluding tert-OH is 1. The second kappa shape index (κ2) is 6.96. The number of hydrogen-bond donors (Lipinski definition) is 1. The molecule has 0 aromatic heterocycles. The number of rotatable bonds is 5. The monoisotopic (exact) mass is 220 g/mol. The van der Waals surface area contributed by atoms with Gasteiger partial charge in [-0.05, 0) is 37.5 Å². The molecule has 0 atom stereocenters. The van der Waals surface area contributed by atoms with Crippen LogP contribution in [-0.4, -0.2) is 11.7 Å². The molecule has 0 spiro atoms. The fourth-order valence-electron chi connectivity index (χ4n) is 1.38. The summed E-state index contributed by atoms with van der Waals surface area (Å²) in [6, 6.07) is 6.38. The van der Waals surface area contributed by atoms with Gasteiger partial charge in [-0.1, -0.05) is 35.9 Å². The molecule has 0 aliphatic rings. The first-order valence-corrected chi connectivity index (χ1v) is 5.46. The summed E-state index contributed by atoms with van der Waals surface area (Å²) in [5, 5.41) is 8.73. The van der Waals surface area contributed by atoms with Crippen molar-refractivity contribution >= 4 is 6.08 Å². The Morgan fingerprint density at radius 1 is 1.31 bits per heavy atom. The minimum Gasteiger partial charge on any atom is -0.396 e. The van der Waals surface area contributed by atoms with Crippen LogP contribution in [0.4, 0.5) is 4.39 Å². The third kappa shape index (κ3) is 4.41. The van der Waals surface area contributed by atoms with Gasteiger partial charge in [0, 0.05) is 6.61 Å². The number of halogens is 1. The minimum atomic E-state index is -0.219. The molecule has 1 N–H and O–H groups in total. The number of aliphatic hydroxyl groups is 1. The van der Waals surface area contributed by atoms with Gasteiger partial charge in [-0.3, -0.25) is 0 Å². The Morgan fingerprint density at radius 2 is 2.00 bits per heavy atom. The van der Waals surface area contributed by atoms with Gasteiger partial charge < -0.3 is 5.11 Å². The van der Waals surface area contributed by atoms with E-state index >= 15 is 0 Å². The minimum absolute atomic E-state index is 0.210. The fraction of sp³-hybridized carbons (Fsp3) is 0.286. The summed E-state index contributed by atoms with van der Waals surface area (Å²) in [5.74, 6) is -0.219. The normalized spacial score (nSPS) is 12.3. The predicted octanol–water partition coefficient (Wildman–Crippen LogP) is 3.56. The highest BCUT2D eigenvalue weighted by Crippen LogP contribution is 2.10. The van der Waals surface area contributed by atoms with Crippen molar-refractivity contribution in [2.75, 3.05) is 6.61 Å². The van der Waals surface area contributed by atoms with Gasteiger partial charge in [0.1, 0.15) is 5.82 Å². The molecule has 0 heterocycles. The van der Waals surface area contributed by atoms with Crippen LogP contribution in [0.25, 0.3) is 6.08 Å². The Morgan fingerprint density at radius 3 is 2.56 bits per heavy atom. The summed E-state index contributed by atoms with van der Waals surface area (Å²) in [6.07, 6.45) is 7.61. The standard InChI is InChI=1S/C14H17FO/c1-2-12(4-3-11-16)5-6-13-7-9-14(15)10-8-13/h2,5-10,16H,3-4,11H2,1H3/b6-5+,12-2+. The summed E-state index contributed by atoms with van der Waals surface area (Å²) in [4.78, 5) is 0. The van der Waals surface area contributed by atoms with Crippen LogP contribution in [0.3, 0.4) is 0 Å². The van der Waals surface area contributed by atoms with Crippen molar-refractivity contribution in [3.05, 3.63) is 53.4 Å². The van der Waals surface area contributed by atoms with Crippen LogP contribution >= 0.6 is 0 Å². The third-order valence-corrected chi connectivity index (χ3v) is 2.35. The lowest BCUT2D eigenvalue weighted by Gasteiger charge is -1.99. The Hall–Kier alpha value is -1.41. The van der Waals surface area contributed by atoms with Crippen LogP contribution in [0.15, 0.2) is 42.0 Å². The molecule has 0 radical (unpaired) electrons. The van der Waals surface area contributed by atoms with Crippen molar-refractivity contribution in [3.8, 4) is 0 Å². The molecule has 0 aliphatic carbocycles. The third-order valence-electron chi connectivity index (χ3n) is 2.35. The Labute approximate surface area is 95.9 Å². The van der Waals surface area contributed by atoms with Crippen LogP contribution in [-0.2, 0) is 0 Å². The lowest BCUT2D eigenvalue weighted by molar-refractivity contribution is 0.289. The summed E-state index contributed by atoms with van der Waals surface area (Å²) >= 11 is 0. The second-order valence-electron chi connectivity index (χ2n) is 3.58. The van der Waals surface area contributed by atoms with Crippen molar-refractivity contribution in [1.82, 2.24) is 0 Å². The SMILES string of the molecule is C/C=C(/C=C/c1ccc(F)cc1)CCCO. The first-order valence-electron chi connectivity index (χ1n) is 5.46. The molecule has 0 saturated carbocycles. The molecule has 16 heavy (non-hydrogen) atoms. The summed E-state index contributed by atoms with van der Waals surface area (Å²) in [6.45, 7) is 2.18. The smallest absolute Gasteiger partial charge is 0.123 e. The van der Waals surface area contributed by atoms with Gasteiger partial charge in [-0.25, -0.2) is 4.39 Å². The largest absolute Gasteiger partial charge is 0.396 e. The van der Waals surface area contributed by atoms with E-state index in [0.717, 1.165) is 18.4 Å². The predicted molar refractivity (Wildman–Crippen MR) is 65.5 cm³/mol. The lowest BCUT2D eigenvalue weighted by atomic mass is 10.1. The molecule has 0 saturated heterocycles. The Kier molecular flexibility index (Phi) is 5.51. The maximum absolute atomic E-state index is 12.7. The van der Waals surface area contributed by atoms with E-state index in [2.05, 4.69) is 0 Å². The van der Waals surface area contributed by atoms with E-state index in [1.165, 1.54) is 17.7 Å². The molecular weight excluding hydrogens is 203 g/mol. The topological polar surface area (TPSA) is 20.2 Å². The van der Waals surface area contributed by atoms with Crippen LogP contribution in [0.2, 0.25) is 0 Å². The van der Waals surface area contributed by atoms with E-state index in [1.807, 2.05) is 25.2 Å². The van der Waals surface area contributed by atoms with Crippen molar-refractivity contribution in [1.29, 1.82) is 0 Å². The molecule has 0 aliphatic heterocycles. The zero-order chi connectivity index (χ0) is 11.8. The zero-order valence-corrected chi connectivity index (χ0v) is 9.49. The molecule has 0 unspecified atom stereocenters. The molecule has 1 aromatic carbocycles. The summed E-state index contributed by atoms with van der Waals surface area (Å²) in [5.41, 5.74) is 2.16. The Balaban J connectivity index is 2.61. The maximum atomic E-state index is 12.7. The highest BCUT2D eigenvalue weighted by Gasteiger charge is 1.92. The molecule has 86 valence electrons. The Bertz CT molecular complexity index is 363. The molecule has 1 rings (SSSR count). The van der Waals surface area contributed by atoms with Crippen molar-refractivity contribution in [2.45, 2.75) is 19.8 Å². The van der Waals surface area contributed by atoms with Gasteiger partial charge in [-0.2, -0.15) is 0 Å². The van der Waals surface area contributed by atoms with E-state index in [4.69, 9.17) is 5.11 Å². The van der Waals surface area contributed by atoms with Gasteiger partial charge >= 0.3 is 0 Å². The lowest BCUT2D eigenvalue weighted by Crippen LogP contribution is -1.84. The van der Waals surface area contributed by atoms with Gasteiger partial charge in [0.05, 0.1) is 0 Å². The van der Waals surface area contributed by atoms with Crippen LogP contribution in [0.5, 0.6) is 0 Å². The second-order valence-corrected chi connectivity index (χ2v) is 3.58. The van der Waals surface area contributed by atoms with Crippen molar-refractivity contribution < 1.29 is 9.50 Å². The van der Waals surface area contributed by atoms with E-state index < -0.39 is 0 Å². The first kappa shape index (κ1) is 12.7. The molecule has 2 heteroatoms. The summed E-state index contributed by atoms with van der Waals surface area (Å²) in [7, 11) is 0. The van der Waals surface area contributed by atoms with Crippen molar-refractivity contribution in [3.63, 3.8) is 0 Å². The average molecular weight is 220 g/mol. The summed E-state index contributed by atoms with van der Waals surface area (Å²) < 4.78 is 12.7. The maximum Gasteiger partial charge on any atom is 0.123 e. The molecule has 0 bridgehead atoms. The van der Waals surface area contributed by atoms with E-state index in [1.54, 1.807) is 12.1 Å². The van der Waals surface area contributed by atoms with Gasteiger partial charge in [0.2, 0.25) is 0 Å². The van der Waals surface area contributed by atoms with Gasteiger partial charge in [0.25, 0.3) is 0 Å². The molecule has 1 aromatic rings. The average Bonchev–Trinajstić information content (AvgIpc) is 2.32. The van der Waals surface area contributed by atoms with E-state index in [0.29, 0.717) is 0 Å². The van der Waals surface area contributed by atoms with Gasteiger partial charge in [-0.15, -0.1) is 0 Å². The van der Waals surface area contributed by atoms with E-state index in [-0.39, 0.29) is 12.4 Å². The van der Waals surface area contributed by atoms with E-state index in [9.17, 15) is 4.39 Å². The highest BCUT2D eigenvalue weighted by molar-refractivity contribution is 5.52. The molecule has 1 nitrogen and oxygen atoms in total. The van der Waals surface area contributed by atoms with Crippen LogP contribution in [0, 0.1) is 5.82 Å². The van der Waals surface area contributed by atoms with Crippen LogP contribution in [0.1, 0.15) is 25.3 Å². The van der Waals surface area contributed by atoms with Gasteiger partial charge in [0.15, 0.2) is 0 Å². The number of allylic oxidation sites excluding steroid dienone is 3. The molecule has 0 fully saturated rings. The number of hydrogen-bond acceptors (Lipinski definition) is 1. The fourth-order valence-corrected chi connectivity index (χ4v) is 1.38. The molecule has 0 amide bonds. The first-order chi connectivity index (χ1) is 7.76. The zero-order valence-electron chi connectivity index (χ0n) is 9.49. The van der Waals surface area contributed by atoms with Crippen LogP contribution < -0.4 is 0 Å². The van der Waals surface area contributed by atoms with Crippen molar-refractivity contribution in [2.24, 2.45) is 0 Å².